The number of hydrogen-bond acceptors (Lipinski definition) is 3. The average molecular weight is 206 g/mol. The average Bonchev–Trinajstić information content (AvgIpc) is 2.40. The van der Waals surface area contributed by atoms with Gasteiger partial charge in [0, 0.05) is 5.69 Å². The van der Waals surface area contributed by atoms with E-state index in [9.17, 15) is 4.79 Å². The molecule has 0 aliphatic carbocycles. The van der Waals surface area contributed by atoms with Crippen LogP contribution >= 0.6 is 0 Å². The van der Waals surface area contributed by atoms with E-state index in [1.54, 1.807) is 0 Å². The van der Waals surface area contributed by atoms with Crippen LogP contribution in [0.5, 0.6) is 0 Å². The Hall–Kier alpha value is -1.39. The van der Waals surface area contributed by atoms with E-state index in [0.717, 1.165) is 18.5 Å². The van der Waals surface area contributed by atoms with Gasteiger partial charge in [0.15, 0.2) is 0 Å². The van der Waals surface area contributed by atoms with Gasteiger partial charge in [0.1, 0.15) is 6.04 Å². The molecule has 2 N–H and O–H groups in total. The highest BCUT2D eigenvalue weighted by atomic mass is 16.6. The van der Waals surface area contributed by atoms with Crippen molar-refractivity contribution in [3.8, 4) is 0 Å². The van der Waals surface area contributed by atoms with Crippen LogP contribution in [0.3, 0.4) is 0 Å². The molecule has 4 nitrogen and oxygen atoms in total. The van der Waals surface area contributed by atoms with Crippen LogP contribution in [0.1, 0.15) is 12.0 Å². The van der Waals surface area contributed by atoms with Crippen molar-refractivity contribution in [1.82, 2.24) is 5.48 Å². The third-order valence-corrected chi connectivity index (χ3v) is 2.55. The van der Waals surface area contributed by atoms with Crippen molar-refractivity contribution < 1.29 is 9.63 Å². The Morgan fingerprint density at radius 3 is 3.07 bits per heavy atom. The first-order chi connectivity index (χ1) is 7.31. The van der Waals surface area contributed by atoms with Crippen LogP contribution in [0.2, 0.25) is 0 Å². The fourth-order valence-electron chi connectivity index (χ4n) is 1.77. The van der Waals surface area contributed by atoms with Crippen LogP contribution in [0, 0.1) is 0 Å². The molecule has 15 heavy (non-hydrogen) atoms. The van der Waals surface area contributed by atoms with E-state index < -0.39 is 0 Å². The molecule has 2 rings (SSSR count). The number of hydroxylamine groups is 1. The second-order valence-corrected chi connectivity index (χ2v) is 3.56. The number of hydrogen-bond donors (Lipinski definition) is 2. The summed E-state index contributed by atoms with van der Waals surface area (Å²) in [6.07, 6.45) is 1.62. The highest BCUT2D eigenvalue weighted by molar-refractivity contribution is 5.96. The maximum absolute atomic E-state index is 11.7. The number of para-hydroxylation sites is 1. The fourth-order valence-corrected chi connectivity index (χ4v) is 1.77. The van der Waals surface area contributed by atoms with E-state index >= 15 is 0 Å². The van der Waals surface area contributed by atoms with Gasteiger partial charge in [-0.2, -0.15) is 5.48 Å². The van der Waals surface area contributed by atoms with E-state index in [1.807, 2.05) is 24.3 Å². The van der Waals surface area contributed by atoms with Gasteiger partial charge >= 0.3 is 0 Å². The van der Waals surface area contributed by atoms with Crippen molar-refractivity contribution in [2.75, 3.05) is 12.4 Å². The Morgan fingerprint density at radius 1 is 1.47 bits per heavy atom. The first kappa shape index (κ1) is 10.1. The van der Waals surface area contributed by atoms with E-state index in [2.05, 4.69) is 10.8 Å². The topological polar surface area (TPSA) is 50.4 Å². The van der Waals surface area contributed by atoms with Gasteiger partial charge in [-0.05, 0) is 24.5 Å². The lowest BCUT2D eigenvalue weighted by Gasteiger charge is -2.12. The third kappa shape index (κ3) is 2.16. The zero-order valence-electron chi connectivity index (χ0n) is 8.62. The molecule has 1 unspecified atom stereocenters. The van der Waals surface area contributed by atoms with Crippen LogP contribution in [-0.2, 0) is 16.1 Å². The first-order valence-corrected chi connectivity index (χ1v) is 4.98. The Morgan fingerprint density at radius 2 is 2.27 bits per heavy atom. The summed E-state index contributed by atoms with van der Waals surface area (Å²) in [5.41, 5.74) is 4.77. The molecule has 0 bridgehead atoms. The standard InChI is InChI=1S/C11H14N2O2/c1-15-13-10-7-6-8-4-2-3-5-9(8)12-11(10)14/h2-5,10,13H,6-7H2,1H3,(H,12,14). The monoisotopic (exact) mass is 206 g/mol. The molecular formula is C11H14N2O2. The van der Waals surface area contributed by atoms with Crippen molar-refractivity contribution in [3.05, 3.63) is 29.8 Å². The summed E-state index contributed by atoms with van der Waals surface area (Å²) >= 11 is 0. The second-order valence-electron chi connectivity index (χ2n) is 3.56. The molecule has 1 amide bonds. The fraction of sp³-hybridized carbons (Fsp3) is 0.364. The number of fused-ring (bicyclic) bond motifs is 1. The highest BCUT2D eigenvalue weighted by Crippen LogP contribution is 2.21. The smallest absolute Gasteiger partial charge is 0.243 e. The molecule has 1 heterocycles. The van der Waals surface area contributed by atoms with Gasteiger partial charge in [0.2, 0.25) is 5.91 Å². The summed E-state index contributed by atoms with van der Waals surface area (Å²) in [6.45, 7) is 0. The van der Waals surface area contributed by atoms with E-state index in [1.165, 1.54) is 12.7 Å². The number of anilines is 1. The second kappa shape index (κ2) is 4.42. The number of carbonyl (C=O) groups excluding carboxylic acids is 1. The Labute approximate surface area is 88.6 Å². The van der Waals surface area contributed by atoms with Gasteiger partial charge in [0.25, 0.3) is 0 Å². The third-order valence-electron chi connectivity index (χ3n) is 2.55. The van der Waals surface area contributed by atoms with Crippen LogP contribution in [-0.4, -0.2) is 19.1 Å². The molecule has 1 aromatic carbocycles. The molecule has 1 aromatic rings. The lowest BCUT2D eigenvalue weighted by atomic mass is 10.1. The molecule has 1 atom stereocenters. The Balaban J connectivity index is 2.19. The predicted octanol–water partition coefficient (Wildman–Crippen LogP) is 1.09. The van der Waals surface area contributed by atoms with Crippen molar-refractivity contribution in [3.63, 3.8) is 0 Å². The van der Waals surface area contributed by atoms with E-state index in [0.29, 0.717) is 0 Å². The van der Waals surface area contributed by atoms with Crippen LogP contribution in [0.25, 0.3) is 0 Å². The summed E-state index contributed by atoms with van der Waals surface area (Å²) in [6, 6.07) is 7.58. The van der Waals surface area contributed by atoms with Crippen molar-refractivity contribution in [2.45, 2.75) is 18.9 Å². The van der Waals surface area contributed by atoms with E-state index in [-0.39, 0.29) is 11.9 Å². The van der Waals surface area contributed by atoms with Gasteiger partial charge in [-0.15, -0.1) is 0 Å². The molecule has 1 aliphatic heterocycles. The van der Waals surface area contributed by atoms with Crippen molar-refractivity contribution >= 4 is 11.6 Å². The van der Waals surface area contributed by atoms with Crippen LogP contribution < -0.4 is 10.8 Å². The lowest BCUT2D eigenvalue weighted by Crippen LogP contribution is -2.39. The Bertz CT molecular complexity index is 365. The Kier molecular flexibility index (Phi) is 2.99. The van der Waals surface area contributed by atoms with Gasteiger partial charge in [-0.25, -0.2) is 0 Å². The minimum absolute atomic E-state index is 0.0400. The SMILES string of the molecule is CONC1CCc2ccccc2NC1=O. The maximum Gasteiger partial charge on any atom is 0.243 e. The molecule has 0 saturated carbocycles. The zero-order chi connectivity index (χ0) is 10.7. The van der Waals surface area contributed by atoms with Gasteiger partial charge in [-0.3, -0.25) is 4.79 Å². The van der Waals surface area contributed by atoms with Crippen LogP contribution in [0.4, 0.5) is 5.69 Å². The zero-order valence-corrected chi connectivity index (χ0v) is 8.62. The molecule has 0 aromatic heterocycles. The van der Waals surface area contributed by atoms with Gasteiger partial charge in [0.05, 0.1) is 7.11 Å². The summed E-state index contributed by atoms with van der Waals surface area (Å²) in [5.74, 6) is -0.0400. The number of aryl methyl sites for hydroxylation is 1. The van der Waals surface area contributed by atoms with E-state index in [4.69, 9.17) is 4.84 Å². The number of amides is 1. The van der Waals surface area contributed by atoms with Crippen molar-refractivity contribution in [1.29, 1.82) is 0 Å². The number of benzene rings is 1. The molecule has 0 fully saturated rings. The van der Waals surface area contributed by atoms with Crippen molar-refractivity contribution in [2.24, 2.45) is 0 Å². The summed E-state index contributed by atoms with van der Waals surface area (Å²) in [5, 5.41) is 2.88. The largest absolute Gasteiger partial charge is 0.324 e. The normalized spacial score (nSPS) is 20.3. The minimum Gasteiger partial charge on any atom is -0.324 e. The lowest BCUT2D eigenvalue weighted by molar-refractivity contribution is -0.121. The molecule has 0 spiro atoms. The molecular weight excluding hydrogens is 192 g/mol. The highest BCUT2D eigenvalue weighted by Gasteiger charge is 2.22. The summed E-state index contributed by atoms with van der Waals surface area (Å²) < 4.78 is 0. The molecule has 0 radical (unpaired) electrons. The molecule has 1 aliphatic rings. The first-order valence-electron chi connectivity index (χ1n) is 4.98. The van der Waals surface area contributed by atoms with Gasteiger partial charge in [-0.1, -0.05) is 18.2 Å². The predicted molar refractivity (Wildman–Crippen MR) is 57.3 cm³/mol. The summed E-state index contributed by atoms with van der Waals surface area (Å²) in [7, 11) is 1.52. The number of rotatable bonds is 2. The number of carbonyl (C=O) groups is 1. The van der Waals surface area contributed by atoms with Gasteiger partial charge < -0.3 is 10.2 Å². The molecule has 80 valence electrons. The summed E-state index contributed by atoms with van der Waals surface area (Å²) in [4.78, 5) is 16.5. The molecule has 0 saturated heterocycles. The molecule has 4 heteroatoms. The maximum atomic E-state index is 11.7. The van der Waals surface area contributed by atoms with Crippen LogP contribution in [0.15, 0.2) is 24.3 Å². The quantitative estimate of drug-likeness (QED) is 0.712. The minimum atomic E-state index is -0.276. The number of nitrogens with one attached hydrogen (secondary N) is 2.